The standard InChI is InChI=1S/C20H17BrCl2FNOS/c1-9(11(3)27)10(2)26-17-7-12(21)6-15(24)18(17)20-19(23)14-8-13(22)4-5-16(14)25-20/h4-8,10,25,27H,1-3H3/b11-9-. The Hall–Kier alpha value is -1.14. The topological polar surface area (TPSA) is 25.0 Å². The summed E-state index contributed by atoms with van der Waals surface area (Å²) >= 11 is 20.3. The molecular formula is C20H17BrCl2FNOS. The number of H-pyrrole nitrogens is 1. The molecule has 0 saturated carbocycles. The van der Waals surface area contributed by atoms with Gasteiger partial charge in [0.1, 0.15) is 17.7 Å². The maximum absolute atomic E-state index is 15.0. The highest BCUT2D eigenvalue weighted by atomic mass is 79.9. The van der Waals surface area contributed by atoms with Gasteiger partial charge in [-0.15, -0.1) is 12.6 Å². The molecule has 0 spiro atoms. The quantitative estimate of drug-likeness (QED) is 0.357. The summed E-state index contributed by atoms with van der Waals surface area (Å²) in [5.41, 5.74) is 2.44. The molecule has 1 heterocycles. The summed E-state index contributed by atoms with van der Waals surface area (Å²) in [5, 5.41) is 1.67. The number of nitrogens with one attached hydrogen (secondary N) is 1. The van der Waals surface area contributed by atoms with Gasteiger partial charge in [-0.25, -0.2) is 4.39 Å². The van der Waals surface area contributed by atoms with Gasteiger partial charge in [0.25, 0.3) is 0 Å². The summed E-state index contributed by atoms with van der Waals surface area (Å²) in [7, 11) is 0. The van der Waals surface area contributed by atoms with Gasteiger partial charge >= 0.3 is 0 Å². The van der Waals surface area contributed by atoms with Gasteiger partial charge in [0.2, 0.25) is 0 Å². The lowest BCUT2D eigenvalue weighted by Gasteiger charge is -2.19. The minimum Gasteiger partial charge on any atom is -0.485 e. The predicted molar refractivity (Wildman–Crippen MR) is 119 cm³/mol. The van der Waals surface area contributed by atoms with E-state index in [0.717, 1.165) is 21.4 Å². The van der Waals surface area contributed by atoms with Crippen molar-refractivity contribution in [3.63, 3.8) is 0 Å². The molecule has 2 nitrogen and oxygen atoms in total. The molecule has 0 bridgehead atoms. The number of hydrogen-bond donors (Lipinski definition) is 2. The van der Waals surface area contributed by atoms with Crippen LogP contribution < -0.4 is 4.74 Å². The summed E-state index contributed by atoms with van der Waals surface area (Å²) in [6.45, 7) is 5.71. The van der Waals surface area contributed by atoms with Crippen molar-refractivity contribution in [3.8, 4) is 17.0 Å². The summed E-state index contributed by atoms with van der Waals surface area (Å²) < 4.78 is 21.6. The van der Waals surface area contributed by atoms with Crippen LogP contribution in [0.25, 0.3) is 22.2 Å². The molecule has 0 fully saturated rings. The molecule has 0 aliphatic carbocycles. The van der Waals surface area contributed by atoms with Crippen LogP contribution in [0.1, 0.15) is 20.8 Å². The van der Waals surface area contributed by atoms with Gasteiger partial charge in [0.05, 0.1) is 16.3 Å². The molecule has 7 heteroatoms. The van der Waals surface area contributed by atoms with Gasteiger partial charge in [-0.1, -0.05) is 39.1 Å². The fourth-order valence-electron chi connectivity index (χ4n) is 2.76. The molecule has 3 rings (SSSR count). The second-order valence-electron chi connectivity index (χ2n) is 6.29. The lowest BCUT2D eigenvalue weighted by atomic mass is 10.1. The van der Waals surface area contributed by atoms with Crippen LogP contribution in [0.4, 0.5) is 4.39 Å². The molecule has 1 atom stereocenters. The van der Waals surface area contributed by atoms with E-state index in [2.05, 4.69) is 33.5 Å². The molecule has 0 aliphatic rings. The molecule has 0 saturated heterocycles. The van der Waals surface area contributed by atoms with Crippen molar-refractivity contribution < 1.29 is 9.13 Å². The normalized spacial score (nSPS) is 13.6. The van der Waals surface area contributed by atoms with E-state index < -0.39 is 5.82 Å². The van der Waals surface area contributed by atoms with Crippen molar-refractivity contribution in [2.45, 2.75) is 26.9 Å². The second kappa shape index (κ2) is 8.08. The fourth-order valence-corrected chi connectivity index (χ4v) is 3.82. The zero-order valence-corrected chi connectivity index (χ0v) is 18.8. The van der Waals surface area contributed by atoms with E-state index >= 15 is 0 Å². The number of thiol groups is 1. The first-order chi connectivity index (χ1) is 12.7. The van der Waals surface area contributed by atoms with Crippen molar-refractivity contribution in [3.05, 3.63) is 61.1 Å². The van der Waals surface area contributed by atoms with E-state index in [0.29, 0.717) is 26.0 Å². The van der Waals surface area contributed by atoms with Crippen LogP contribution >= 0.6 is 51.8 Å². The maximum atomic E-state index is 15.0. The number of benzene rings is 2. The van der Waals surface area contributed by atoms with Crippen LogP contribution in [0.3, 0.4) is 0 Å². The molecule has 1 aromatic heterocycles. The Kier molecular flexibility index (Phi) is 6.16. The number of aromatic amines is 1. The van der Waals surface area contributed by atoms with Crippen LogP contribution in [0.2, 0.25) is 10.0 Å². The Labute approximate surface area is 181 Å². The Morgan fingerprint density at radius 2 is 1.93 bits per heavy atom. The van der Waals surface area contributed by atoms with Crippen molar-refractivity contribution in [2.75, 3.05) is 0 Å². The molecule has 1 unspecified atom stereocenters. The zero-order chi connectivity index (χ0) is 19.9. The number of rotatable bonds is 4. The molecule has 0 radical (unpaired) electrons. The lowest BCUT2D eigenvalue weighted by Crippen LogP contribution is -2.15. The Morgan fingerprint density at radius 1 is 1.22 bits per heavy atom. The van der Waals surface area contributed by atoms with Crippen LogP contribution in [-0.4, -0.2) is 11.1 Å². The third-order valence-electron chi connectivity index (χ3n) is 4.45. The zero-order valence-electron chi connectivity index (χ0n) is 14.8. The Balaban J connectivity index is 2.19. The predicted octanol–water partition coefficient (Wildman–Crippen LogP) is 8.03. The smallest absolute Gasteiger partial charge is 0.137 e. The van der Waals surface area contributed by atoms with Gasteiger partial charge in [-0.05, 0) is 61.6 Å². The van der Waals surface area contributed by atoms with Gasteiger partial charge in [-0.3, -0.25) is 0 Å². The van der Waals surface area contributed by atoms with Gasteiger partial charge in [0, 0.05) is 20.4 Å². The molecule has 142 valence electrons. The first-order valence-corrected chi connectivity index (χ1v) is 10.2. The minimum atomic E-state index is -0.449. The van der Waals surface area contributed by atoms with Crippen molar-refractivity contribution in [1.29, 1.82) is 0 Å². The van der Waals surface area contributed by atoms with E-state index in [9.17, 15) is 4.39 Å². The van der Waals surface area contributed by atoms with Gasteiger partial charge in [0.15, 0.2) is 0 Å². The number of aromatic nitrogens is 1. The third kappa shape index (κ3) is 4.16. The highest BCUT2D eigenvalue weighted by Crippen LogP contribution is 2.42. The van der Waals surface area contributed by atoms with Crippen LogP contribution in [0.15, 0.2) is 45.3 Å². The van der Waals surface area contributed by atoms with Crippen LogP contribution in [-0.2, 0) is 0 Å². The molecule has 27 heavy (non-hydrogen) atoms. The number of hydrogen-bond acceptors (Lipinski definition) is 2. The SMILES string of the molecule is C/C(S)=C(\C)C(C)Oc1cc(Br)cc(F)c1-c1[nH]c2ccc(Cl)cc2c1Cl. The third-order valence-corrected chi connectivity index (χ3v) is 5.89. The van der Waals surface area contributed by atoms with E-state index in [-0.39, 0.29) is 11.7 Å². The minimum absolute atomic E-state index is 0.270. The fraction of sp³-hybridized carbons (Fsp3) is 0.200. The molecule has 2 aromatic carbocycles. The average Bonchev–Trinajstić information content (AvgIpc) is 2.90. The summed E-state index contributed by atoms with van der Waals surface area (Å²) in [6, 6.07) is 8.42. The number of halogens is 4. The number of ether oxygens (including phenoxy) is 1. The first kappa shape index (κ1) is 20.6. The monoisotopic (exact) mass is 487 g/mol. The van der Waals surface area contributed by atoms with E-state index in [4.69, 9.17) is 27.9 Å². The molecular weight excluding hydrogens is 472 g/mol. The Bertz CT molecular complexity index is 1060. The molecule has 1 N–H and O–H groups in total. The van der Waals surface area contributed by atoms with Gasteiger partial charge < -0.3 is 9.72 Å². The van der Waals surface area contributed by atoms with Crippen molar-refractivity contribution >= 4 is 62.7 Å². The van der Waals surface area contributed by atoms with E-state index in [1.54, 1.807) is 18.2 Å². The summed E-state index contributed by atoms with van der Waals surface area (Å²) in [4.78, 5) is 4.04. The largest absolute Gasteiger partial charge is 0.485 e. The highest BCUT2D eigenvalue weighted by molar-refractivity contribution is 9.10. The number of allylic oxidation sites excluding steroid dienone is 1. The number of fused-ring (bicyclic) bond motifs is 1. The molecule has 0 aliphatic heterocycles. The summed E-state index contributed by atoms with van der Waals surface area (Å²) in [6.07, 6.45) is -0.285. The second-order valence-corrected chi connectivity index (χ2v) is 8.69. The summed E-state index contributed by atoms with van der Waals surface area (Å²) in [5.74, 6) is -0.0711. The maximum Gasteiger partial charge on any atom is 0.137 e. The molecule has 0 amide bonds. The lowest BCUT2D eigenvalue weighted by molar-refractivity contribution is 0.257. The van der Waals surface area contributed by atoms with Gasteiger partial charge in [-0.2, -0.15) is 0 Å². The van der Waals surface area contributed by atoms with E-state index in [1.807, 2.05) is 26.8 Å². The highest BCUT2D eigenvalue weighted by Gasteiger charge is 2.22. The Morgan fingerprint density at radius 3 is 2.59 bits per heavy atom. The van der Waals surface area contributed by atoms with Crippen LogP contribution in [0.5, 0.6) is 5.75 Å². The van der Waals surface area contributed by atoms with Crippen molar-refractivity contribution in [2.24, 2.45) is 0 Å². The average molecular weight is 489 g/mol. The van der Waals surface area contributed by atoms with Crippen molar-refractivity contribution in [1.82, 2.24) is 4.98 Å². The van der Waals surface area contributed by atoms with E-state index in [1.165, 1.54) is 6.07 Å². The van der Waals surface area contributed by atoms with Crippen LogP contribution in [0, 0.1) is 5.82 Å². The molecule has 3 aromatic rings. The first-order valence-electron chi connectivity index (χ1n) is 8.18.